The summed E-state index contributed by atoms with van der Waals surface area (Å²) >= 11 is 0. The maximum absolute atomic E-state index is 13.5. The van der Waals surface area contributed by atoms with Crippen molar-refractivity contribution in [1.82, 2.24) is 16.0 Å². The van der Waals surface area contributed by atoms with Crippen molar-refractivity contribution in [3.8, 4) is 0 Å². The Morgan fingerprint density at radius 2 is 1.85 bits per heavy atom. The van der Waals surface area contributed by atoms with Gasteiger partial charge in [-0.05, 0) is 13.0 Å². The molecule has 0 aromatic heterocycles. The Bertz CT molecular complexity index is 495. The molecular weight excluding hydrogens is 268 g/mol. The van der Waals surface area contributed by atoms with E-state index < -0.39 is 17.7 Å². The summed E-state index contributed by atoms with van der Waals surface area (Å²) < 4.78 is 26.3. The zero-order chi connectivity index (χ0) is 15.1. The second-order valence-electron chi connectivity index (χ2n) is 4.23. The van der Waals surface area contributed by atoms with E-state index in [1.165, 1.54) is 13.1 Å². The summed E-state index contributed by atoms with van der Waals surface area (Å²) in [5.41, 5.74) is 0.200. The lowest BCUT2D eigenvalue weighted by Crippen LogP contribution is -2.39. The van der Waals surface area contributed by atoms with Crippen LogP contribution in [0.5, 0.6) is 0 Å². The van der Waals surface area contributed by atoms with Gasteiger partial charge in [0.05, 0.1) is 19.1 Å². The molecule has 0 saturated carbocycles. The number of hydrogen-bond donors (Lipinski definition) is 3. The van der Waals surface area contributed by atoms with E-state index in [9.17, 15) is 18.4 Å². The second kappa shape index (κ2) is 7.54. The Labute approximate surface area is 115 Å². The normalized spacial score (nSPS) is 11.8. The molecule has 0 spiro atoms. The fourth-order valence-corrected chi connectivity index (χ4v) is 1.60. The molecule has 2 amide bonds. The SMILES string of the molecule is CNC(=O)CNCC(=O)N[C@H](C)c1ccc(F)cc1F. The molecule has 7 heteroatoms. The van der Waals surface area contributed by atoms with E-state index in [-0.39, 0.29) is 30.5 Å². The van der Waals surface area contributed by atoms with Crippen molar-refractivity contribution in [2.24, 2.45) is 0 Å². The molecule has 0 unspecified atom stereocenters. The van der Waals surface area contributed by atoms with Gasteiger partial charge in [-0.3, -0.25) is 14.9 Å². The molecule has 1 aromatic carbocycles. The quantitative estimate of drug-likeness (QED) is 0.712. The average molecular weight is 285 g/mol. The minimum atomic E-state index is -0.712. The molecule has 0 aliphatic carbocycles. The molecule has 0 aliphatic rings. The van der Waals surface area contributed by atoms with Crippen LogP contribution in [0.15, 0.2) is 18.2 Å². The fraction of sp³-hybridized carbons (Fsp3) is 0.385. The minimum Gasteiger partial charge on any atom is -0.358 e. The van der Waals surface area contributed by atoms with Crippen LogP contribution in [0.25, 0.3) is 0 Å². The molecule has 1 aromatic rings. The Balaban J connectivity index is 2.47. The third-order valence-corrected chi connectivity index (χ3v) is 2.66. The highest BCUT2D eigenvalue weighted by atomic mass is 19.1. The highest BCUT2D eigenvalue weighted by Crippen LogP contribution is 2.17. The zero-order valence-corrected chi connectivity index (χ0v) is 11.3. The largest absolute Gasteiger partial charge is 0.358 e. The number of rotatable bonds is 6. The van der Waals surface area contributed by atoms with E-state index in [1.807, 2.05) is 0 Å². The standard InChI is InChI=1S/C13H17F2N3O2/c1-8(10-4-3-9(14)5-11(10)15)18-13(20)7-17-6-12(19)16-2/h3-5,8,17H,6-7H2,1-2H3,(H,16,19)(H,18,20)/t8-/m1/s1. The molecule has 0 fully saturated rings. The van der Waals surface area contributed by atoms with Gasteiger partial charge in [0.1, 0.15) is 11.6 Å². The number of carbonyl (C=O) groups is 2. The van der Waals surface area contributed by atoms with Crippen LogP contribution < -0.4 is 16.0 Å². The topological polar surface area (TPSA) is 70.2 Å². The summed E-state index contributed by atoms with van der Waals surface area (Å²) in [5.74, 6) is -2.01. The lowest BCUT2D eigenvalue weighted by molar-refractivity contribution is -0.121. The van der Waals surface area contributed by atoms with E-state index in [0.717, 1.165) is 12.1 Å². The van der Waals surface area contributed by atoms with Gasteiger partial charge in [0.15, 0.2) is 0 Å². The Morgan fingerprint density at radius 1 is 1.20 bits per heavy atom. The van der Waals surface area contributed by atoms with Crippen molar-refractivity contribution >= 4 is 11.8 Å². The molecule has 0 saturated heterocycles. The van der Waals surface area contributed by atoms with Crippen molar-refractivity contribution < 1.29 is 18.4 Å². The number of hydrogen-bond acceptors (Lipinski definition) is 3. The van der Waals surface area contributed by atoms with Crippen molar-refractivity contribution in [3.63, 3.8) is 0 Å². The lowest BCUT2D eigenvalue weighted by Gasteiger charge is -2.15. The van der Waals surface area contributed by atoms with Gasteiger partial charge in [-0.2, -0.15) is 0 Å². The summed E-state index contributed by atoms with van der Waals surface area (Å²) in [5, 5.41) is 7.59. The number of benzene rings is 1. The van der Waals surface area contributed by atoms with Crippen LogP contribution in [0.3, 0.4) is 0 Å². The van der Waals surface area contributed by atoms with Crippen molar-refractivity contribution in [2.45, 2.75) is 13.0 Å². The number of amides is 2. The number of carbonyl (C=O) groups excluding carboxylic acids is 2. The fourth-order valence-electron chi connectivity index (χ4n) is 1.60. The van der Waals surface area contributed by atoms with Gasteiger partial charge in [-0.25, -0.2) is 8.78 Å². The smallest absolute Gasteiger partial charge is 0.234 e. The molecular formula is C13H17F2N3O2. The zero-order valence-electron chi connectivity index (χ0n) is 11.3. The molecule has 5 nitrogen and oxygen atoms in total. The van der Waals surface area contributed by atoms with Gasteiger partial charge < -0.3 is 10.6 Å². The van der Waals surface area contributed by atoms with Gasteiger partial charge in [-0.15, -0.1) is 0 Å². The average Bonchev–Trinajstić information content (AvgIpc) is 2.38. The van der Waals surface area contributed by atoms with Crippen LogP contribution in [-0.2, 0) is 9.59 Å². The van der Waals surface area contributed by atoms with Gasteiger partial charge in [0.2, 0.25) is 11.8 Å². The van der Waals surface area contributed by atoms with Crippen molar-refractivity contribution in [3.05, 3.63) is 35.4 Å². The molecule has 3 N–H and O–H groups in total. The van der Waals surface area contributed by atoms with Gasteiger partial charge >= 0.3 is 0 Å². The summed E-state index contributed by atoms with van der Waals surface area (Å²) in [7, 11) is 1.49. The molecule has 0 aliphatic heterocycles. The van der Waals surface area contributed by atoms with Crippen LogP contribution in [0.4, 0.5) is 8.78 Å². The van der Waals surface area contributed by atoms with Gasteiger partial charge in [0.25, 0.3) is 0 Å². The van der Waals surface area contributed by atoms with E-state index in [2.05, 4.69) is 16.0 Å². The summed E-state index contributed by atoms with van der Waals surface area (Å²) in [6.07, 6.45) is 0. The van der Waals surface area contributed by atoms with Crippen LogP contribution in [0.1, 0.15) is 18.5 Å². The first-order chi connectivity index (χ1) is 9.43. The summed E-state index contributed by atoms with van der Waals surface area (Å²) in [6.45, 7) is 1.54. The van der Waals surface area contributed by atoms with E-state index >= 15 is 0 Å². The molecule has 0 bridgehead atoms. The van der Waals surface area contributed by atoms with Gasteiger partial charge in [0, 0.05) is 18.7 Å². The maximum atomic E-state index is 13.5. The maximum Gasteiger partial charge on any atom is 0.234 e. The van der Waals surface area contributed by atoms with Crippen LogP contribution in [0.2, 0.25) is 0 Å². The van der Waals surface area contributed by atoms with E-state index in [1.54, 1.807) is 6.92 Å². The molecule has 20 heavy (non-hydrogen) atoms. The monoisotopic (exact) mass is 285 g/mol. The predicted octanol–water partition coefficient (Wildman–Crippen LogP) is 0.478. The first kappa shape index (κ1) is 16.0. The number of nitrogens with one attached hydrogen (secondary N) is 3. The summed E-state index contributed by atoms with van der Waals surface area (Å²) in [4.78, 5) is 22.5. The van der Waals surface area contributed by atoms with E-state index in [4.69, 9.17) is 0 Å². The van der Waals surface area contributed by atoms with Crippen LogP contribution in [0, 0.1) is 11.6 Å². The first-order valence-electron chi connectivity index (χ1n) is 6.09. The Kier molecular flexibility index (Phi) is 6.05. The third-order valence-electron chi connectivity index (χ3n) is 2.66. The highest BCUT2D eigenvalue weighted by Gasteiger charge is 2.14. The molecule has 1 rings (SSSR count). The second-order valence-corrected chi connectivity index (χ2v) is 4.23. The van der Waals surface area contributed by atoms with Gasteiger partial charge in [-0.1, -0.05) is 6.07 Å². The van der Waals surface area contributed by atoms with Crippen molar-refractivity contribution in [1.29, 1.82) is 0 Å². The third kappa shape index (κ3) is 4.93. The lowest BCUT2D eigenvalue weighted by atomic mass is 10.1. The minimum absolute atomic E-state index is 0.0171. The Hall–Kier alpha value is -2.02. The van der Waals surface area contributed by atoms with Crippen molar-refractivity contribution in [2.75, 3.05) is 20.1 Å². The molecule has 0 radical (unpaired) electrons. The first-order valence-corrected chi connectivity index (χ1v) is 6.09. The summed E-state index contributed by atoms with van der Waals surface area (Å²) in [6, 6.07) is 2.59. The number of halogens is 2. The highest BCUT2D eigenvalue weighted by molar-refractivity contribution is 5.81. The Morgan fingerprint density at radius 3 is 2.45 bits per heavy atom. The molecule has 0 heterocycles. The van der Waals surface area contributed by atoms with Crippen LogP contribution >= 0.6 is 0 Å². The molecule has 1 atom stereocenters. The van der Waals surface area contributed by atoms with Crippen LogP contribution in [-0.4, -0.2) is 32.0 Å². The predicted molar refractivity (Wildman–Crippen MR) is 69.9 cm³/mol. The molecule has 110 valence electrons. The van der Waals surface area contributed by atoms with E-state index in [0.29, 0.717) is 0 Å². The number of likely N-dealkylation sites (N-methyl/N-ethyl adjacent to an activating group) is 1.